The van der Waals surface area contributed by atoms with Crippen molar-refractivity contribution in [2.45, 2.75) is 71.5 Å². The fourth-order valence-electron chi connectivity index (χ4n) is 3.36. The Morgan fingerprint density at radius 2 is 1.62 bits per heavy atom. The Morgan fingerprint density at radius 1 is 1.12 bits per heavy atom. The highest BCUT2D eigenvalue weighted by molar-refractivity contribution is 6.89. The van der Waals surface area contributed by atoms with Gasteiger partial charge in [0.15, 0.2) is 0 Å². The molecule has 0 heterocycles. The molecule has 1 aliphatic carbocycles. The van der Waals surface area contributed by atoms with Crippen LogP contribution < -0.4 is 0 Å². The molecular weight excluding hydrogens is 226 g/mol. The smallest absolute Gasteiger partial charge is 0.112 e. The SMILES string of the molecule is CCC1=CCC(N([Si](C)(C)C)[Si](C)(C)C)C1. The monoisotopic (exact) mass is 255 g/mol. The van der Waals surface area contributed by atoms with E-state index in [9.17, 15) is 0 Å². The summed E-state index contributed by atoms with van der Waals surface area (Å²) in [5, 5.41) is 0. The van der Waals surface area contributed by atoms with Crippen LogP contribution >= 0.6 is 0 Å². The van der Waals surface area contributed by atoms with Gasteiger partial charge in [0.1, 0.15) is 16.5 Å². The van der Waals surface area contributed by atoms with Crippen LogP contribution in [-0.2, 0) is 0 Å². The Bertz CT molecular complexity index is 257. The van der Waals surface area contributed by atoms with Gasteiger partial charge in [-0.1, -0.05) is 57.9 Å². The maximum absolute atomic E-state index is 2.97. The van der Waals surface area contributed by atoms with E-state index < -0.39 is 16.5 Å². The minimum absolute atomic E-state index is 0.827. The summed E-state index contributed by atoms with van der Waals surface area (Å²) in [6, 6.07) is 0.827. The molecule has 1 atom stereocenters. The lowest BCUT2D eigenvalue weighted by molar-refractivity contribution is 0.455. The third-order valence-electron chi connectivity index (χ3n) is 3.44. The van der Waals surface area contributed by atoms with Crippen molar-refractivity contribution < 1.29 is 0 Å². The van der Waals surface area contributed by atoms with Gasteiger partial charge in [0, 0.05) is 6.04 Å². The summed E-state index contributed by atoms with van der Waals surface area (Å²) in [7, 11) is -2.34. The van der Waals surface area contributed by atoms with E-state index in [-0.39, 0.29) is 0 Å². The first kappa shape index (κ1) is 14.2. The first-order valence-electron chi connectivity index (χ1n) is 6.63. The van der Waals surface area contributed by atoms with Gasteiger partial charge in [-0.25, -0.2) is 0 Å². The lowest BCUT2D eigenvalue weighted by atomic mass is 10.1. The molecule has 0 saturated heterocycles. The fraction of sp³-hybridized carbons (Fsp3) is 0.846. The predicted molar refractivity (Wildman–Crippen MR) is 79.9 cm³/mol. The number of hydrogen-bond donors (Lipinski definition) is 0. The number of hydrogen-bond acceptors (Lipinski definition) is 1. The molecule has 1 aliphatic rings. The van der Waals surface area contributed by atoms with Crippen LogP contribution in [0.25, 0.3) is 0 Å². The molecule has 0 saturated carbocycles. The number of nitrogens with zero attached hydrogens (tertiary/aromatic N) is 1. The van der Waals surface area contributed by atoms with E-state index in [4.69, 9.17) is 0 Å². The van der Waals surface area contributed by atoms with Crippen LogP contribution in [0.4, 0.5) is 0 Å². The molecule has 3 heteroatoms. The van der Waals surface area contributed by atoms with E-state index in [1.165, 1.54) is 19.3 Å². The molecule has 0 bridgehead atoms. The highest BCUT2D eigenvalue weighted by Gasteiger charge is 2.39. The Morgan fingerprint density at radius 3 is 1.94 bits per heavy atom. The lowest BCUT2D eigenvalue weighted by Gasteiger charge is -2.48. The van der Waals surface area contributed by atoms with Gasteiger partial charge in [-0.2, -0.15) is 0 Å². The minimum Gasteiger partial charge on any atom is -0.343 e. The van der Waals surface area contributed by atoms with Crippen LogP contribution in [0.5, 0.6) is 0 Å². The predicted octanol–water partition coefficient (Wildman–Crippen LogP) is 4.46. The third-order valence-corrected chi connectivity index (χ3v) is 11.1. The van der Waals surface area contributed by atoms with Gasteiger partial charge < -0.3 is 4.23 Å². The van der Waals surface area contributed by atoms with Crippen molar-refractivity contribution in [2.24, 2.45) is 0 Å². The van der Waals surface area contributed by atoms with E-state index in [2.05, 4.69) is 56.5 Å². The average molecular weight is 256 g/mol. The van der Waals surface area contributed by atoms with Crippen LogP contribution in [0.15, 0.2) is 11.6 Å². The zero-order valence-corrected chi connectivity index (χ0v) is 14.2. The van der Waals surface area contributed by atoms with Crippen LogP contribution in [0, 0.1) is 0 Å². The van der Waals surface area contributed by atoms with E-state index in [1.807, 2.05) is 0 Å². The standard InChI is InChI=1S/C13H29NSi2/c1-8-12-9-10-13(11-12)14(15(2,3)4)16(5,6)7/h9,13H,8,10-11H2,1-7H3. The quantitative estimate of drug-likeness (QED) is 0.530. The van der Waals surface area contributed by atoms with Crippen LogP contribution in [0.2, 0.25) is 39.3 Å². The molecule has 1 unspecified atom stereocenters. The summed E-state index contributed by atoms with van der Waals surface area (Å²) < 4.78 is 2.97. The summed E-state index contributed by atoms with van der Waals surface area (Å²) in [5.74, 6) is 0. The van der Waals surface area contributed by atoms with E-state index in [1.54, 1.807) is 5.57 Å². The molecular formula is C13H29NSi2. The van der Waals surface area contributed by atoms with E-state index in [0.717, 1.165) is 6.04 Å². The second-order valence-corrected chi connectivity index (χ2v) is 17.1. The second-order valence-electron chi connectivity index (χ2n) is 7.02. The maximum Gasteiger partial charge on any atom is 0.112 e. The summed E-state index contributed by atoms with van der Waals surface area (Å²) in [6.07, 6.45) is 6.39. The van der Waals surface area contributed by atoms with Gasteiger partial charge >= 0.3 is 0 Å². The van der Waals surface area contributed by atoms with Crippen LogP contribution in [0.3, 0.4) is 0 Å². The van der Waals surface area contributed by atoms with Gasteiger partial charge in [-0.3, -0.25) is 0 Å². The van der Waals surface area contributed by atoms with Gasteiger partial charge in [-0.05, 0) is 19.3 Å². The largest absolute Gasteiger partial charge is 0.343 e. The molecule has 16 heavy (non-hydrogen) atoms. The first-order valence-corrected chi connectivity index (χ1v) is 13.5. The van der Waals surface area contributed by atoms with Crippen molar-refractivity contribution in [3.63, 3.8) is 0 Å². The van der Waals surface area contributed by atoms with Crippen molar-refractivity contribution in [2.75, 3.05) is 0 Å². The Labute approximate surface area is 104 Å². The molecule has 1 rings (SSSR count). The molecule has 0 aromatic heterocycles. The Balaban J connectivity index is 2.82. The zero-order valence-electron chi connectivity index (χ0n) is 12.2. The van der Waals surface area contributed by atoms with Crippen molar-refractivity contribution in [1.29, 1.82) is 0 Å². The average Bonchev–Trinajstić information content (AvgIpc) is 2.47. The molecule has 0 N–H and O–H groups in total. The third kappa shape index (κ3) is 3.31. The Hall–Kier alpha value is 0.134. The van der Waals surface area contributed by atoms with Crippen LogP contribution in [-0.4, -0.2) is 26.7 Å². The van der Waals surface area contributed by atoms with Crippen molar-refractivity contribution in [3.05, 3.63) is 11.6 Å². The lowest BCUT2D eigenvalue weighted by Crippen LogP contribution is -2.62. The summed E-state index contributed by atoms with van der Waals surface area (Å²) >= 11 is 0. The van der Waals surface area contributed by atoms with Gasteiger partial charge in [0.05, 0.1) is 0 Å². The molecule has 0 aliphatic heterocycles. The summed E-state index contributed by atoms with van der Waals surface area (Å²) in [5.41, 5.74) is 1.69. The van der Waals surface area contributed by atoms with Crippen molar-refractivity contribution in [3.8, 4) is 0 Å². The second kappa shape index (κ2) is 4.79. The highest BCUT2D eigenvalue weighted by atomic mass is 28.4. The maximum atomic E-state index is 2.97. The topological polar surface area (TPSA) is 3.24 Å². The van der Waals surface area contributed by atoms with E-state index >= 15 is 0 Å². The molecule has 1 nitrogen and oxygen atoms in total. The van der Waals surface area contributed by atoms with Gasteiger partial charge in [0.25, 0.3) is 0 Å². The molecule has 0 fully saturated rings. The zero-order chi connectivity index (χ0) is 12.6. The van der Waals surface area contributed by atoms with Crippen LogP contribution in [0.1, 0.15) is 26.2 Å². The molecule has 0 radical (unpaired) electrons. The minimum atomic E-state index is -1.17. The van der Waals surface area contributed by atoms with Crippen molar-refractivity contribution >= 4 is 16.5 Å². The normalized spacial score (nSPS) is 22.8. The van der Waals surface area contributed by atoms with Gasteiger partial charge in [-0.15, -0.1) is 0 Å². The first-order chi connectivity index (χ1) is 7.16. The Kier molecular flexibility index (Phi) is 4.25. The molecule has 0 aromatic carbocycles. The van der Waals surface area contributed by atoms with Gasteiger partial charge in [0.2, 0.25) is 0 Å². The summed E-state index contributed by atoms with van der Waals surface area (Å²) in [4.78, 5) is 0. The highest BCUT2D eigenvalue weighted by Crippen LogP contribution is 2.32. The van der Waals surface area contributed by atoms with Crippen molar-refractivity contribution in [1.82, 2.24) is 4.23 Å². The van der Waals surface area contributed by atoms with E-state index in [0.29, 0.717) is 0 Å². The fourth-order valence-corrected chi connectivity index (χ4v) is 14.0. The molecule has 0 spiro atoms. The molecule has 0 amide bonds. The molecule has 0 aromatic rings. The molecule has 94 valence electrons. The summed E-state index contributed by atoms with van der Waals surface area (Å²) in [6.45, 7) is 17.3. The number of rotatable bonds is 4.